The first-order valence-electron chi connectivity index (χ1n) is 5.29. The number of amides is 1. The minimum Gasteiger partial charge on any atom is -0.321 e. The molecular formula is C12H15F2NO. The summed E-state index contributed by atoms with van der Waals surface area (Å²) in [5.41, 5.74) is 2.31. The van der Waals surface area contributed by atoms with Crippen LogP contribution in [0.4, 0.5) is 14.5 Å². The van der Waals surface area contributed by atoms with Gasteiger partial charge in [-0.3, -0.25) is 4.79 Å². The first kappa shape index (κ1) is 12.6. The van der Waals surface area contributed by atoms with Gasteiger partial charge in [-0.05, 0) is 24.0 Å². The van der Waals surface area contributed by atoms with Gasteiger partial charge in [0.25, 0.3) is 5.91 Å². The van der Waals surface area contributed by atoms with E-state index in [2.05, 4.69) is 5.32 Å². The predicted octanol–water partition coefficient (Wildman–Crippen LogP) is 3.02. The zero-order valence-corrected chi connectivity index (χ0v) is 9.39. The van der Waals surface area contributed by atoms with Crippen LogP contribution < -0.4 is 5.32 Å². The summed E-state index contributed by atoms with van der Waals surface area (Å²) < 4.78 is 24.3. The van der Waals surface area contributed by atoms with Gasteiger partial charge < -0.3 is 5.32 Å². The van der Waals surface area contributed by atoms with Crippen molar-refractivity contribution in [2.75, 3.05) is 5.32 Å². The number of para-hydroxylation sites is 1. The molecule has 88 valence electrons. The van der Waals surface area contributed by atoms with Gasteiger partial charge in [0.2, 0.25) is 0 Å². The molecule has 0 saturated carbocycles. The second-order valence-electron chi connectivity index (χ2n) is 3.45. The maximum atomic E-state index is 12.2. The zero-order chi connectivity index (χ0) is 12.1. The van der Waals surface area contributed by atoms with Gasteiger partial charge in [0.1, 0.15) is 0 Å². The van der Waals surface area contributed by atoms with Crippen molar-refractivity contribution in [3.63, 3.8) is 0 Å². The summed E-state index contributed by atoms with van der Waals surface area (Å²) in [7, 11) is 0. The summed E-state index contributed by atoms with van der Waals surface area (Å²) in [6.07, 6.45) is -1.58. The number of carbonyl (C=O) groups is 1. The molecule has 0 unspecified atom stereocenters. The molecule has 1 N–H and O–H groups in total. The van der Waals surface area contributed by atoms with Crippen molar-refractivity contribution in [1.29, 1.82) is 0 Å². The fourth-order valence-electron chi connectivity index (χ4n) is 1.58. The van der Waals surface area contributed by atoms with Crippen LogP contribution in [0.5, 0.6) is 0 Å². The van der Waals surface area contributed by atoms with Crippen molar-refractivity contribution in [2.45, 2.75) is 33.1 Å². The van der Waals surface area contributed by atoms with E-state index in [0.29, 0.717) is 18.5 Å². The fourth-order valence-corrected chi connectivity index (χ4v) is 1.58. The Kier molecular flexibility index (Phi) is 4.40. The standard InChI is InChI=1S/C12H15F2NO/c1-3-8-6-5-7-9(4-2)10(8)15-12(16)11(13)14/h5-7,11H,3-4H2,1-2H3,(H,15,16). The van der Waals surface area contributed by atoms with Crippen LogP contribution in [-0.4, -0.2) is 12.3 Å². The molecule has 0 bridgehead atoms. The summed E-state index contributed by atoms with van der Waals surface area (Å²) >= 11 is 0. The molecule has 0 aliphatic rings. The number of halogens is 2. The topological polar surface area (TPSA) is 29.1 Å². The number of rotatable bonds is 4. The summed E-state index contributed by atoms with van der Waals surface area (Å²) in [5, 5.41) is 2.29. The maximum Gasteiger partial charge on any atom is 0.315 e. The second kappa shape index (κ2) is 5.58. The molecule has 0 heterocycles. The van der Waals surface area contributed by atoms with Crippen molar-refractivity contribution in [2.24, 2.45) is 0 Å². The third kappa shape index (κ3) is 2.78. The molecule has 0 atom stereocenters. The van der Waals surface area contributed by atoms with E-state index in [1.807, 2.05) is 32.0 Å². The van der Waals surface area contributed by atoms with Gasteiger partial charge in [-0.1, -0.05) is 32.0 Å². The molecule has 0 saturated heterocycles. The quantitative estimate of drug-likeness (QED) is 0.841. The predicted molar refractivity (Wildman–Crippen MR) is 59.8 cm³/mol. The van der Waals surface area contributed by atoms with Crippen LogP contribution in [0.1, 0.15) is 25.0 Å². The normalized spacial score (nSPS) is 10.6. The van der Waals surface area contributed by atoms with Gasteiger partial charge in [-0.15, -0.1) is 0 Å². The van der Waals surface area contributed by atoms with E-state index < -0.39 is 12.3 Å². The maximum absolute atomic E-state index is 12.2. The molecule has 1 amide bonds. The first-order chi connectivity index (χ1) is 7.60. The smallest absolute Gasteiger partial charge is 0.315 e. The summed E-state index contributed by atoms with van der Waals surface area (Å²) in [6.45, 7) is 3.85. The van der Waals surface area contributed by atoms with Crippen LogP contribution in [0.3, 0.4) is 0 Å². The average Bonchev–Trinajstić information content (AvgIpc) is 2.29. The molecule has 4 heteroatoms. The van der Waals surface area contributed by atoms with Crippen LogP contribution in [-0.2, 0) is 17.6 Å². The lowest BCUT2D eigenvalue weighted by atomic mass is 10.0. The Morgan fingerprint density at radius 3 is 2.12 bits per heavy atom. The van der Waals surface area contributed by atoms with Crippen LogP contribution in [0.25, 0.3) is 0 Å². The molecule has 2 nitrogen and oxygen atoms in total. The number of nitrogens with one attached hydrogen (secondary N) is 1. The van der Waals surface area contributed by atoms with E-state index in [0.717, 1.165) is 11.1 Å². The first-order valence-corrected chi connectivity index (χ1v) is 5.29. The van der Waals surface area contributed by atoms with Crippen LogP contribution in [0.2, 0.25) is 0 Å². The van der Waals surface area contributed by atoms with Crippen molar-refractivity contribution >= 4 is 11.6 Å². The number of hydrogen-bond donors (Lipinski definition) is 1. The van der Waals surface area contributed by atoms with Crippen molar-refractivity contribution in [3.8, 4) is 0 Å². The lowest BCUT2D eigenvalue weighted by Crippen LogP contribution is -2.21. The van der Waals surface area contributed by atoms with Gasteiger partial charge in [-0.2, -0.15) is 8.78 Å². The third-order valence-electron chi connectivity index (χ3n) is 2.45. The van der Waals surface area contributed by atoms with Gasteiger partial charge in [0.05, 0.1) is 0 Å². The van der Waals surface area contributed by atoms with E-state index in [1.54, 1.807) is 0 Å². The molecule has 0 spiro atoms. The number of carbonyl (C=O) groups excluding carboxylic acids is 1. The highest BCUT2D eigenvalue weighted by Crippen LogP contribution is 2.22. The Balaban J connectivity index is 3.04. The van der Waals surface area contributed by atoms with Crippen molar-refractivity contribution < 1.29 is 13.6 Å². The highest BCUT2D eigenvalue weighted by atomic mass is 19.3. The van der Waals surface area contributed by atoms with Gasteiger partial charge in [-0.25, -0.2) is 0 Å². The number of alkyl halides is 2. The SMILES string of the molecule is CCc1cccc(CC)c1NC(=O)C(F)F. The summed E-state index contributed by atoms with van der Waals surface area (Å²) in [4.78, 5) is 11.0. The Morgan fingerprint density at radius 2 is 1.75 bits per heavy atom. The Labute approximate surface area is 93.7 Å². The third-order valence-corrected chi connectivity index (χ3v) is 2.45. The Bertz CT molecular complexity index is 355. The molecule has 1 rings (SSSR count). The number of hydrogen-bond acceptors (Lipinski definition) is 1. The lowest BCUT2D eigenvalue weighted by Gasteiger charge is -2.13. The summed E-state index contributed by atoms with van der Waals surface area (Å²) in [6, 6.07) is 5.54. The Morgan fingerprint density at radius 1 is 1.25 bits per heavy atom. The monoisotopic (exact) mass is 227 g/mol. The highest BCUT2D eigenvalue weighted by molar-refractivity contribution is 5.94. The molecule has 1 aromatic carbocycles. The molecule has 0 aromatic heterocycles. The highest BCUT2D eigenvalue weighted by Gasteiger charge is 2.17. The number of anilines is 1. The van der Waals surface area contributed by atoms with Crippen molar-refractivity contribution in [3.05, 3.63) is 29.3 Å². The molecule has 0 aliphatic carbocycles. The molecule has 0 aliphatic heterocycles. The summed E-state index contributed by atoms with van der Waals surface area (Å²) in [5.74, 6) is -1.24. The average molecular weight is 227 g/mol. The molecule has 0 fully saturated rings. The fraction of sp³-hybridized carbons (Fsp3) is 0.417. The van der Waals surface area contributed by atoms with E-state index in [9.17, 15) is 13.6 Å². The van der Waals surface area contributed by atoms with Crippen molar-refractivity contribution in [1.82, 2.24) is 0 Å². The van der Waals surface area contributed by atoms with Gasteiger partial charge in [0.15, 0.2) is 0 Å². The Hall–Kier alpha value is -1.45. The molecule has 0 radical (unpaired) electrons. The minimum absolute atomic E-state index is 0.540. The lowest BCUT2D eigenvalue weighted by molar-refractivity contribution is -0.126. The molecule has 1 aromatic rings. The minimum atomic E-state index is -2.98. The van der Waals surface area contributed by atoms with E-state index >= 15 is 0 Å². The van der Waals surface area contributed by atoms with Gasteiger partial charge >= 0.3 is 6.43 Å². The molecule has 16 heavy (non-hydrogen) atoms. The van der Waals surface area contributed by atoms with E-state index in [1.165, 1.54) is 0 Å². The van der Waals surface area contributed by atoms with Crippen LogP contribution in [0, 0.1) is 0 Å². The van der Waals surface area contributed by atoms with Crippen LogP contribution >= 0.6 is 0 Å². The van der Waals surface area contributed by atoms with E-state index in [-0.39, 0.29) is 0 Å². The second-order valence-corrected chi connectivity index (χ2v) is 3.45. The zero-order valence-electron chi connectivity index (χ0n) is 9.39. The van der Waals surface area contributed by atoms with E-state index in [4.69, 9.17) is 0 Å². The number of aryl methyl sites for hydroxylation is 2. The molecular weight excluding hydrogens is 212 g/mol. The largest absolute Gasteiger partial charge is 0.321 e. The number of benzene rings is 1. The van der Waals surface area contributed by atoms with Gasteiger partial charge in [0, 0.05) is 5.69 Å². The van der Waals surface area contributed by atoms with Crippen LogP contribution in [0.15, 0.2) is 18.2 Å².